The standard InChI is InChI=1S/C19H29ClN2O/c1-23-13-18-19(20)17(11-12-21-18)22-16-9-7-15(8-10-16)14-5-3-2-4-6-14/h11-12,14-16H,2-10,13H2,1H3,(H,21,22)/t15-,16-. The molecule has 1 N–H and O–H groups in total. The van der Waals surface area contributed by atoms with Crippen molar-refractivity contribution in [2.75, 3.05) is 12.4 Å². The minimum Gasteiger partial charge on any atom is -0.381 e. The quantitative estimate of drug-likeness (QED) is 0.778. The molecule has 128 valence electrons. The number of nitrogens with zero attached hydrogens (tertiary/aromatic N) is 1. The SMILES string of the molecule is COCc1nccc(N[C@H]2CC[C@H](C3CCCCC3)CC2)c1Cl. The minimum absolute atomic E-state index is 0.461. The van der Waals surface area contributed by atoms with E-state index in [1.54, 1.807) is 7.11 Å². The average Bonchev–Trinajstić information content (AvgIpc) is 2.60. The van der Waals surface area contributed by atoms with Gasteiger partial charge in [0.05, 0.1) is 23.0 Å². The third kappa shape index (κ3) is 4.39. The molecule has 1 aromatic heterocycles. The van der Waals surface area contributed by atoms with E-state index in [9.17, 15) is 0 Å². The van der Waals surface area contributed by atoms with Gasteiger partial charge < -0.3 is 10.1 Å². The van der Waals surface area contributed by atoms with E-state index < -0.39 is 0 Å². The summed E-state index contributed by atoms with van der Waals surface area (Å²) in [4.78, 5) is 4.30. The number of anilines is 1. The van der Waals surface area contributed by atoms with E-state index in [0.29, 0.717) is 17.7 Å². The van der Waals surface area contributed by atoms with Crippen molar-refractivity contribution in [3.8, 4) is 0 Å². The van der Waals surface area contributed by atoms with Crippen molar-refractivity contribution in [1.82, 2.24) is 4.98 Å². The van der Waals surface area contributed by atoms with Crippen molar-refractivity contribution in [2.24, 2.45) is 11.8 Å². The van der Waals surface area contributed by atoms with Gasteiger partial charge in [0.25, 0.3) is 0 Å². The molecule has 0 aliphatic heterocycles. The van der Waals surface area contributed by atoms with Crippen LogP contribution in [0, 0.1) is 11.8 Å². The van der Waals surface area contributed by atoms with Gasteiger partial charge in [-0.2, -0.15) is 0 Å². The summed E-state index contributed by atoms with van der Waals surface area (Å²) >= 11 is 6.45. The van der Waals surface area contributed by atoms with Crippen LogP contribution in [0.25, 0.3) is 0 Å². The Balaban J connectivity index is 1.53. The molecule has 2 fully saturated rings. The molecule has 0 radical (unpaired) electrons. The summed E-state index contributed by atoms with van der Waals surface area (Å²) < 4.78 is 5.16. The minimum atomic E-state index is 0.461. The molecule has 1 heterocycles. The molecule has 4 heteroatoms. The first-order chi connectivity index (χ1) is 11.3. The van der Waals surface area contributed by atoms with Crippen molar-refractivity contribution < 1.29 is 4.74 Å². The smallest absolute Gasteiger partial charge is 0.0900 e. The van der Waals surface area contributed by atoms with Gasteiger partial charge in [-0.15, -0.1) is 0 Å². The number of pyridine rings is 1. The van der Waals surface area contributed by atoms with Crippen LogP contribution in [0.1, 0.15) is 63.5 Å². The van der Waals surface area contributed by atoms with Gasteiger partial charge >= 0.3 is 0 Å². The molecule has 2 saturated carbocycles. The second-order valence-corrected chi connectivity index (χ2v) is 7.58. The molecule has 3 nitrogen and oxygen atoms in total. The van der Waals surface area contributed by atoms with Crippen LogP contribution in [-0.4, -0.2) is 18.1 Å². The number of rotatable bonds is 5. The van der Waals surface area contributed by atoms with E-state index in [1.165, 1.54) is 57.8 Å². The van der Waals surface area contributed by atoms with Crippen LogP contribution >= 0.6 is 11.6 Å². The van der Waals surface area contributed by atoms with E-state index in [2.05, 4.69) is 10.3 Å². The molecule has 2 aliphatic rings. The van der Waals surface area contributed by atoms with Crippen LogP contribution in [-0.2, 0) is 11.3 Å². The molecule has 0 spiro atoms. The van der Waals surface area contributed by atoms with Gasteiger partial charge in [-0.1, -0.05) is 43.7 Å². The molecule has 3 rings (SSSR count). The highest BCUT2D eigenvalue weighted by Gasteiger charge is 2.28. The number of aromatic nitrogens is 1. The second kappa shape index (κ2) is 8.34. The van der Waals surface area contributed by atoms with Crippen molar-refractivity contribution in [2.45, 2.75) is 70.4 Å². The molecular weight excluding hydrogens is 308 g/mol. The average molecular weight is 337 g/mol. The number of methoxy groups -OCH3 is 1. The topological polar surface area (TPSA) is 34.1 Å². The highest BCUT2D eigenvalue weighted by Crippen LogP contribution is 2.39. The maximum Gasteiger partial charge on any atom is 0.0900 e. The fourth-order valence-electron chi connectivity index (χ4n) is 4.40. The van der Waals surface area contributed by atoms with E-state index in [1.807, 2.05) is 12.3 Å². The second-order valence-electron chi connectivity index (χ2n) is 7.21. The fourth-order valence-corrected chi connectivity index (χ4v) is 4.62. The zero-order valence-electron chi connectivity index (χ0n) is 14.2. The summed E-state index contributed by atoms with van der Waals surface area (Å²) in [6.07, 6.45) is 14.4. The van der Waals surface area contributed by atoms with Crippen LogP contribution in [0.2, 0.25) is 5.02 Å². The van der Waals surface area contributed by atoms with Crippen molar-refractivity contribution in [1.29, 1.82) is 0 Å². The molecule has 1 aromatic rings. The van der Waals surface area contributed by atoms with E-state index in [-0.39, 0.29) is 0 Å². The van der Waals surface area contributed by atoms with E-state index in [4.69, 9.17) is 16.3 Å². The van der Waals surface area contributed by atoms with Crippen molar-refractivity contribution in [3.63, 3.8) is 0 Å². The molecular formula is C19H29ClN2O. The first-order valence-corrected chi connectivity index (χ1v) is 9.54. The van der Waals surface area contributed by atoms with Crippen LogP contribution < -0.4 is 5.32 Å². The normalized spacial score (nSPS) is 26.2. The van der Waals surface area contributed by atoms with Gasteiger partial charge in [-0.3, -0.25) is 4.98 Å². The highest BCUT2D eigenvalue weighted by molar-refractivity contribution is 6.33. The molecule has 2 aliphatic carbocycles. The highest BCUT2D eigenvalue weighted by atomic mass is 35.5. The molecule has 0 aromatic carbocycles. The lowest BCUT2D eigenvalue weighted by molar-refractivity contribution is 0.181. The van der Waals surface area contributed by atoms with Crippen LogP contribution in [0.4, 0.5) is 5.69 Å². The third-order valence-corrected chi connectivity index (χ3v) is 6.11. The Hall–Kier alpha value is -0.800. The fraction of sp³-hybridized carbons (Fsp3) is 0.737. The lowest BCUT2D eigenvalue weighted by Crippen LogP contribution is -2.30. The summed E-state index contributed by atoms with van der Waals surface area (Å²) in [6, 6.07) is 2.53. The Morgan fingerprint density at radius 2 is 1.78 bits per heavy atom. The Bertz CT molecular complexity index is 494. The van der Waals surface area contributed by atoms with E-state index in [0.717, 1.165) is 23.2 Å². The summed E-state index contributed by atoms with van der Waals surface area (Å²) in [6.45, 7) is 0.461. The Morgan fingerprint density at radius 1 is 1.09 bits per heavy atom. The lowest BCUT2D eigenvalue weighted by Gasteiger charge is -2.36. The van der Waals surface area contributed by atoms with Crippen molar-refractivity contribution in [3.05, 3.63) is 23.0 Å². The maximum absolute atomic E-state index is 6.45. The third-order valence-electron chi connectivity index (χ3n) is 5.69. The zero-order chi connectivity index (χ0) is 16.1. The Morgan fingerprint density at radius 3 is 2.48 bits per heavy atom. The number of hydrogen-bond donors (Lipinski definition) is 1. The van der Waals surface area contributed by atoms with Crippen molar-refractivity contribution >= 4 is 17.3 Å². The van der Waals surface area contributed by atoms with Gasteiger partial charge in [0.2, 0.25) is 0 Å². The Labute approximate surface area is 145 Å². The monoisotopic (exact) mass is 336 g/mol. The predicted octanol–water partition coefficient (Wildman–Crippen LogP) is 5.43. The van der Waals surface area contributed by atoms with Gasteiger partial charge in [0, 0.05) is 19.3 Å². The van der Waals surface area contributed by atoms with Crippen LogP contribution in [0.3, 0.4) is 0 Å². The summed E-state index contributed by atoms with van der Waals surface area (Å²) in [5.41, 5.74) is 1.82. The molecule has 0 amide bonds. The predicted molar refractivity (Wildman–Crippen MR) is 95.9 cm³/mol. The van der Waals surface area contributed by atoms with E-state index >= 15 is 0 Å². The lowest BCUT2D eigenvalue weighted by atomic mass is 9.72. The largest absolute Gasteiger partial charge is 0.381 e. The first kappa shape index (κ1) is 17.0. The zero-order valence-corrected chi connectivity index (χ0v) is 14.9. The van der Waals surface area contributed by atoms with Crippen LogP contribution in [0.5, 0.6) is 0 Å². The maximum atomic E-state index is 6.45. The number of hydrogen-bond acceptors (Lipinski definition) is 3. The molecule has 0 atom stereocenters. The summed E-state index contributed by atoms with van der Waals surface area (Å²) in [5.74, 6) is 1.97. The van der Waals surface area contributed by atoms with Gasteiger partial charge in [0.15, 0.2) is 0 Å². The molecule has 0 saturated heterocycles. The number of nitrogens with one attached hydrogen (secondary N) is 1. The summed E-state index contributed by atoms with van der Waals surface area (Å²) in [5, 5.41) is 4.36. The number of halogens is 1. The van der Waals surface area contributed by atoms with Gasteiger partial charge in [-0.05, 0) is 43.6 Å². The Kier molecular flexibility index (Phi) is 6.18. The molecule has 0 unspecified atom stereocenters. The summed E-state index contributed by atoms with van der Waals surface area (Å²) in [7, 11) is 1.67. The van der Waals surface area contributed by atoms with Gasteiger partial charge in [0.1, 0.15) is 0 Å². The molecule has 0 bridgehead atoms. The van der Waals surface area contributed by atoms with Gasteiger partial charge in [-0.25, -0.2) is 0 Å². The molecule has 23 heavy (non-hydrogen) atoms. The first-order valence-electron chi connectivity index (χ1n) is 9.16. The number of ether oxygens (including phenoxy) is 1. The van der Waals surface area contributed by atoms with Crippen LogP contribution in [0.15, 0.2) is 12.3 Å².